The third kappa shape index (κ3) is 5.79. The zero-order valence-electron chi connectivity index (χ0n) is 21.0. The number of carbonyl (C=O) groups excluding carboxylic acids is 1. The van der Waals surface area contributed by atoms with Gasteiger partial charge in [0, 0.05) is 17.0 Å². The third-order valence-electron chi connectivity index (χ3n) is 5.97. The monoisotopic (exact) mass is 552 g/mol. The Morgan fingerprint density at radius 3 is 2.34 bits per heavy atom. The fraction of sp³-hybridized carbons (Fsp3) is 0.143. The van der Waals surface area contributed by atoms with E-state index in [1.165, 1.54) is 30.5 Å². The number of hydrogen-bond donors (Lipinski definition) is 1. The fourth-order valence-corrected chi connectivity index (χ4v) is 5.66. The van der Waals surface area contributed by atoms with E-state index in [0.29, 0.717) is 5.02 Å². The molecule has 4 aromatic rings. The highest BCUT2D eigenvalue weighted by molar-refractivity contribution is 7.92. The molecule has 38 heavy (non-hydrogen) atoms. The number of hydrogen-bond acceptors (Lipinski definition) is 4. The molecule has 1 heterocycles. The molecule has 0 bridgehead atoms. The second kappa shape index (κ2) is 11.2. The summed E-state index contributed by atoms with van der Waals surface area (Å²) in [4.78, 5) is 12.8. The number of aryl methyl sites for hydroxylation is 2. The molecule has 0 aliphatic rings. The maximum Gasteiger partial charge on any atom is 0.264 e. The number of halogens is 2. The minimum Gasteiger partial charge on any atom is -0.316 e. The Hall–Kier alpha value is -3.95. The van der Waals surface area contributed by atoms with Crippen LogP contribution in [0.15, 0.2) is 88.9 Å². The molecule has 10 heteroatoms. The molecule has 0 saturated heterocycles. The standard InChI is InChI=1S/C28H26ClFN4O3S/c1-19-8-14-25(15-9-19)38(36,37)33(24-12-10-23(30)11-13-24)18-28(35)32-31-17-22-16-20(2)34(21(22)3)27-7-5-4-6-26(27)29/h4-17H,18H2,1-3H3,(H,32,35)/b31-17-. The molecule has 0 atom stereocenters. The van der Waals surface area contributed by atoms with Gasteiger partial charge in [0.2, 0.25) is 0 Å². The van der Waals surface area contributed by atoms with E-state index >= 15 is 0 Å². The lowest BCUT2D eigenvalue weighted by molar-refractivity contribution is -0.119. The van der Waals surface area contributed by atoms with Crippen LogP contribution in [0.5, 0.6) is 0 Å². The van der Waals surface area contributed by atoms with Crippen molar-refractivity contribution in [1.82, 2.24) is 9.99 Å². The highest BCUT2D eigenvalue weighted by atomic mass is 35.5. The Bertz CT molecular complexity index is 1600. The first-order valence-electron chi connectivity index (χ1n) is 11.7. The summed E-state index contributed by atoms with van der Waals surface area (Å²) in [6.45, 7) is 5.12. The van der Waals surface area contributed by atoms with Crippen molar-refractivity contribution in [2.45, 2.75) is 25.7 Å². The number of sulfonamides is 1. The van der Waals surface area contributed by atoms with Gasteiger partial charge in [0.25, 0.3) is 15.9 Å². The molecule has 0 saturated carbocycles. The molecule has 0 radical (unpaired) electrons. The van der Waals surface area contributed by atoms with Crippen molar-refractivity contribution in [3.8, 4) is 5.69 Å². The number of amides is 1. The quantitative estimate of drug-likeness (QED) is 0.230. The highest BCUT2D eigenvalue weighted by Crippen LogP contribution is 2.26. The first-order valence-corrected chi connectivity index (χ1v) is 13.5. The van der Waals surface area contributed by atoms with Crippen molar-refractivity contribution < 1.29 is 17.6 Å². The van der Waals surface area contributed by atoms with Gasteiger partial charge in [0.05, 0.1) is 27.5 Å². The third-order valence-corrected chi connectivity index (χ3v) is 8.08. The molecule has 0 unspecified atom stereocenters. The van der Waals surface area contributed by atoms with Crippen molar-refractivity contribution in [3.63, 3.8) is 0 Å². The van der Waals surface area contributed by atoms with E-state index in [9.17, 15) is 17.6 Å². The van der Waals surface area contributed by atoms with E-state index in [1.54, 1.807) is 18.2 Å². The average molecular weight is 553 g/mol. The van der Waals surface area contributed by atoms with Gasteiger partial charge < -0.3 is 4.57 Å². The van der Waals surface area contributed by atoms with Crippen LogP contribution in [0.1, 0.15) is 22.5 Å². The van der Waals surface area contributed by atoms with E-state index in [0.717, 1.165) is 44.6 Å². The Labute approximate surface area is 226 Å². The van der Waals surface area contributed by atoms with E-state index in [2.05, 4.69) is 10.5 Å². The van der Waals surface area contributed by atoms with Crippen LogP contribution in [-0.4, -0.2) is 31.7 Å². The zero-order chi connectivity index (χ0) is 27.4. The van der Waals surface area contributed by atoms with Crippen LogP contribution in [-0.2, 0) is 14.8 Å². The van der Waals surface area contributed by atoms with Gasteiger partial charge in [0.1, 0.15) is 12.4 Å². The van der Waals surface area contributed by atoms with Gasteiger partial charge in [0.15, 0.2) is 0 Å². The molecule has 1 N–H and O–H groups in total. The molecule has 0 aliphatic heterocycles. The minimum absolute atomic E-state index is 0.00994. The summed E-state index contributed by atoms with van der Waals surface area (Å²) in [6.07, 6.45) is 1.49. The van der Waals surface area contributed by atoms with Crippen LogP contribution in [0.2, 0.25) is 5.02 Å². The van der Waals surface area contributed by atoms with Gasteiger partial charge in [-0.25, -0.2) is 18.2 Å². The number of hydrazone groups is 1. The molecule has 0 fully saturated rings. The summed E-state index contributed by atoms with van der Waals surface area (Å²) in [7, 11) is -4.12. The topological polar surface area (TPSA) is 83.8 Å². The highest BCUT2D eigenvalue weighted by Gasteiger charge is 2.27. The van der Waals surface area contributed by atoms with Crippen molar-refractivity contribution >= 4 is 39.4 Å². The van der Waals surface area contributed by atoms with Gasteiger partial charge in [-0.3, -0.25) is 9.10 Å². The number of anilines is 1. The Morgan fingerprint density at radius 1 is 1.03 bits per heavy atom. The number of rotatable bonds is 8. The van der Waals surface area contributed by atoms with E-state index in [-0.39, 0.29) is 10.6 Å². The number of nitrogens with zero attached hydrogens (tertiary/aromatic N) is 3. The van der Waals surface area contributed by atoms with Crippen molar-refractivity contribution in [2.24, 2.45) is 5.10 Å². The summed E-state index contributed by atoms with van der Waals surface area (Å²) in [5.74, 6) is -1.19. The number of carbonyl (C=O) groups is 1. The lowest BCUT2D eigenvalue weighted by Gasteiger charge is -2.23. The van der Waals surface area contributed by atoms with Crippen molar-refractivity contribution in [3.05, 3.63) is 112 Å². The summed E-state index contributed by atoms with van der Waals surface area (Å²) < 4.78 is 43.2. The van der Waals surface area contributed by atoms with Gasteiger partial charge >= 0.3 is 0 Å². The molecule has 3 aromatic carbocycles. The lowest BCUT2D eigenvalue weighted by atomic mass is 10.2. The molecule has 1 amide bonds. The van der Waals surface area contributed by atoms with Crippen LogP contribution in [0.3, 0.4) is 0 Å². The smallest absolute Gasteiger partial charge is 0.264 e. The molecule has 1 aromatic heterocycles. The largest absolute Gasteiger partial charge is 0.316 e. The number of benzene rings is 3. The van der Waals surface area contributed by atoms with Crippen LogP contribution in [0.25, 0.3) is 5.69 Å². The Kier molecular flexibility index (Phi) is 7.99. The second-order valence-electron chi connectivity index (χ2n) is 8.71. The maximum absolute atomic E-state index is 13.5. The molecule has 4 rings (SSSR count). The summed E-state index contributed by atoms with van der Waals surface area (Å²) >= 11 is 6.37. The molecule has 196 valence electrons. The number of nitrogens with one attached hydrogen (secondary N) is 1. The van der Waals surface area contributed by atoms with Crippen molar-refractivity contribution in [2.75, 3.05) is 10.8 Å². The second-order valence-corrected chi connectivity index (χ2v) is 11.0. The Morgan fingerprint density at radius 2 is 1.68 bits per heavy atom. The average Bonchev–Trinajstić information content (AvgIpc) is 3.16. The van der Waals surface area contributed by atoms with Gasteiger partial charge in [-0.15, -0.1) is 0 Å². The predicted molar refractivity (Wildman–Crippen MR) is 148 cm³/mol. The lowest BCUT2D eigenvalue weighted by Crippen LogP contribution is -2.39. The first-order chi connectivity index (χ1) is 18.1. The molecule has 7 nitrogen and oxygen atoms in total. The van der Waals surface area contributed by atoms with E-state index in [1.807, 2.05) is 49.6 Å². The normalized spacial score (nSPS) is 11.6. The molecular formula is C28H26ClFN4O3S. The van der Waals surface area contributed by atoms with Crippen LogP contribution in [0.4, 0.5) is 10.1 Å². The first kappa shape index (κ1) is 27.1. The zero-order valence-corrected chi connectivity index (χ0v) is 22.6. The number of aromatic nitrogens is 1. The molecule has 0 aliphatic carbocycles. The summed E-state index contributed by atoms with van der Waals surface area (Å²) in [5, 5.41) is 4.65. The molecule has 0 spiro atoms. The van der Waals surface area contributed by atoms with E-state index < -0.39 is 28.3 Å². The predicted octanol–water partition coefficient (Wildman–Crippen LogP) is 5.54. The van der Waals surface area contributed by atoms with Crippen LogP contribution >= 0.6 is 11.6 Å². The Balaban J connectivity index is 1.56. The van der Waals surface area contributed by atoms with Gasteiger partial charge in [-0.1, -0.05) is 41.4 Å². The maximum atomic E-state index is 13.5. The number of para-hydroxylation sites is 1. The SMILES string of the molecule is Cc1ccc(S(=O)(=O)N(CC(=O)N/N=C\c2cc(C)n(-c3ccccc3Cl)c2C)c2ccc(F)cc2)cc1. The van der Waals surface area contributed by atoms with Crippen molar-refractivity contribution in [1.29, 1.82) is 0 Å². The summed E-state index contributed by atoms with van der Waals surface area (Å²) in [6, 6.07) is 20.5. The van der Waals surface area contributed by atoms with Crippen LogP contribution < -0.4 is 9.73 Å². The fourth-order valence-electron chi connectivity index (χ4n) is 4.02. The molecular weight excluding hydrogens is 527 g/mol. The van der Waals surface area contributed by atoms with Gasteiger partial charge in [-0.05, 0) is 75.4 Å². The minimum atomic E-state index is -4.12. The van der Waals surface area contributed by atoms with Gasteiger partial charge in [-0.2, -0.15) is 5.10 Å². The van der Waals surface area contributed by atoms with E-state index in [4.69, 9.17) is 11.6 Å². The van der Waals surface area contributed by atoms with Crippen LogP contribution in [0, 0.1) is 26.6 Å². The summed E-state index contributed by atoms with van der Waals surface area (Å²) in [5.41, 5.74) is 6.80.